The maximum Gasteiger partial charge on any atom is 0.416 e. The van der Waals surface area contributed by atoms with Crippen LogP contribution < -0.4 is 5.32 Å². The molecule has 2 heterocycles. The van der Waals surface area contributed by atoms with Gasteiger partial charge in [-0.05, 0) is 24.6 Å². The summed E-state index contributed by atoms with van der Waals surface area (Å²) in [6.45, 7) is 0.712. The van der Waals surface area contributed by atoms with E-state index in [0.717, 1.165) is 35.4 Å². The molecule has 0 bridgehead atoms. The van der Waals surface area contributed by atoms with Gasteiger partial charge in [0.05, 0.1) is 22.0 Å². The lowest BCUT2D eigenvalue weighted by atomic mass is 10.1. The normalized spacial score (nSPS) is 13.6. The smallest absolute Gasteiger partial charge is 0.369 e. The zero-order valence-corrected chi connectivity index (χ0v) is 13.7. The zero-order valence-electron chi connectivity index (χ0n) is 12.9. The van der Waals surface area contributed by atoms with E-state index in [1.54, 1.807) is 0 Å². The first-order chi connectivity index (χ1) is 11.9. The fourth-order valence-electron chi connectivity index (χ4n) is 3.03. The summed E-state index contributed by atoms with van der Waals surface area (Å²) in [5, 5.41) is 7.98. The van der Waals surface area contributed by atoms with Gasteiger partial charge in [-0.3, -0.25) is 0 Å². The molecule has 3 aromatic rings. The summed E-state index contributed by atoms with van der Waals surface area (Å²) in [5.41, 5.74) is 2.12. The Hall–Kier alpha value is -2.47. The predicted molar refractivity (Wildman–Crippen MR) is 91.2 cm³/mol. The van der Waals surface area contributed by atoms with Gasteiger partial charge in [0.15, 0.2) is 0 Å². The lowest BCUT2D eigenvalue weighted by molar-refractivity contribution is -0.137. The van der Waals surface area contributed by atoms with E-state index in [9.17, 15) is 13.2 Å². The van der Waals surface area contributed by atoms with Crippen LogP contribution in [0.25, 0.3) is 16.9 Å². The van der Waals surface area contributed by atoms with Gasteiger partial charge in [-0.2, -0.15) is 18.3 Å². The molecule has 0 saturated heterocycles. The molecule has 0 saturated carbocycles. The molecule has 0 atom stereocenters. The van der Waals surface area contributed by atoms with Crippen molar-refractivity contribution in [3.05, 3.63) is 64.7 Å². The summed E-state index contributed by atoms with van der Waals surface area (Å²) in [7, 11) is 0. The molecule has 1 aromatic heterocycles. The summed E-state index contributed by atoms with van der Waals surface area (Å²) >= 11 is 6.18. The average molecular weight is 364 g/mol. The molecule has 1 aliphatic rings. The van der Waals surface area contributed by atoms with E-state index >= 15 is 0 Å². The number of alkyl halides is 3. The van der Waals surface area contributed by atoms with Crippen LogP contribution in [0.4, 0.5) is 19.0 Å². The van der Waals surface area contributed by atoms with Crippen LogP contribution in [0.5, 0.6) is 0 Å². The van der Waals surface area contributed by atoms with E-state index in [1.807, 2.05) is 30.3 Å². The van der Waals surface area contributed by atoms with Gasteiger partial charge >= 0.3 is 6.18 Å². The van der Waals surface area contributed by atoms with Crippen molar-refractivity contribution in [2.75, 3.05) is 11.9 Å². The monoisotopic (exact) mass is 363 g/mol. The van der Waals surface area contributed by atoms with E-state index in [1.165, 1.54) is 10.7 Å². The molecule has 4 rings (SSSR count). The third kappa shape index (κ3) is 2.76. The SMILES string of the molecule is FC(F)(F)c1ccc(Cl)c(-n2nc(-c3ccccc3)c3c2NCC3)c1. The van der Waals surface area contributed by atoms with Crippen LogP contribution in [-0.4, -0.2) is 16.3 Å². The maximum atomic E-state index is 13.1. The van der Waals surface area contributed by atoms with Crippen molar-refractivity contribution in [3.8, 4) is 16.9 Å². The van der Waals surface area contributed by atoms with Crippen LogP contribution in [0.15, 0.2) is 48.5 Å². The number of rotatable bonds is 2. The van der Waals surface area contributed by atoms with Gasteiger partial charge in [-0.25, -0.2) is 4.68 Å². The Labute approximate surface area is 147 Å². The second kappa shape index (κ2) is 5.81. The van der Waals surface area contributed by atoms with Gasteiger partial charge in [0.1, 0.15) is 5.82 Å². The zero-order chi connectivity index (χ0) is 17.6. The second-order valence-electron chi connectivity index (χ2n) is 5.79. The molecule has 0 aliphatic carbocycles. The molecular formula is C18H13ClF3N3. The number of nitrogens with zero attached hydrogens (tertiary/aromatic N) is 2. The Morgan fingerprint density at radius 1 is 1.08 bits per heavy atom. The van der Waals surface area contributed by atoms with Crippen molar-refractivity contribution < 1.29 is 13.2 Å². The van der Waals surface area contributed by atoms with Gasteiger partial charge < -0.3 is 5.32 Å². The first-order valence-electron chi connectivity index (χ1n) is 7.73. The van der Waals surface area contributed by atoms with Gasteiger partial charge in [-0.1, -0.05) is 41.9 Å². The summed E-state index contributed by atoms with van der Waals surface area (Å²) in [6.07, 6.45) is -3.68. The highest BCUT2D eigenvalue weighted by Crippen LogP contribution is 2.38. The Bertz CT molecular complexity index is 933. The molecular weight excluding hydrogens is 351 g/mol. The predicted octanol–water partition coefficient (Wildman–Crippen LogP) is 5.18. The fourth-order valence-corrected chi connectivity index (χ4v) is 3.23. The van der Waals surface area contributed by atoms with Gasteiger partial charge in [0.25, 0.3) is 0 Å². The van der Waals surface area contributed by atoms with Crippen molar-refractivity contribution in [2.45, 2.75) is 12.6 Å². The maximum absolute atomic E-state index is 13.1. The first kappa shape index (κ1) is 16.0. The van der Waals surface area contributed by atoms with E-state index in [4.69, 9.17) is 11.6 Å². The molecule has 3 nitrogen and oxygen atoms in total. The van der Waals surface area contributed by atoms with Crippen LogP contribution in [-0.2, 0) is 12.6 Å². The largest absolute Gasteiger partial charge is 0.416 e. The minimum atomic E-state index is -4.44. The Balaban J connectivity index is 1.91. The van der Waals surface area contributed by atoms with Crippen molar-refractivity contribution in [3.63, 3.8) is 0 Å². The van der Waals surface area contributed by atoms with Crippen molar-refractivity contribution in [2.24, 2.45) is 0 Å². The van der Waals surface area contributed by atoms with E-state index in [-0.39, 0.29) is 10.7 Å². The summed E-state index contributed by atoms with van der Waals surface area (Å²) in [4.78, 5) is 0. The Kier molecular flexibility index (Phi) is 3.72. The minimum Gasteiger partial charge on any atom is -0.369 e. The standard InChI is InChI=1S/C18H13ClF3N3/c19-14-7-6-12(18(20,21)22)10-15(14)25-17-13(8-9-23-17)16(24-25)11-4-2-1-3-5-11/h1-7,10,23H,8-9H2. The Morgan fingerprint density at radius 2 is 1.84 bits per heavy atom. The van der Waals surface area contributed by atoms with Crippen LogP contribution in [0.1, 0.15) is 11.1 Å². The van der Waals surface area contributed by atoms with Crippen molar-refractivity contribution in [1.82, 2.24) is 9.78 Å². The minimum absolute atomic E-state index is 0.212. The molecule has 2 aromatic carbocycles. The number of fused-ring (bicyclic) bond motifs is 1. The molecule has 1 N–H and O–H groups in total. The van der Waals surface area contributed by atoms with Crippen LogP contribution in [0.3, 0.4) is 0 Å². The summed E-state index contributed by atoms with van der Waals surface area (Å²) in [5.74, 6) is 0.695. The highest BCUT2D eigenvalue weighted by molar-refractivity contribution is 6.32. The summed E-state index contributed by atoms with van der Waals surface area (Å²) in [6, 6.07) is 12.8. The first-order valence-corrected chi connectivity index (χ1v) is 8.11. The van der Waals surface area contributed by atoms with Gasteiger partial charge in [-0.15, -0.1) is 0 Å². The highest BCUT2D eigenvalue weighted by atomic mass is 35.5. The van der Waals surface area contributed by atoms with Crippen LogP contribution >= 0.6 is 11.6 Å². The number of anilines is 1. The molecule has 0 fully saturated rings. The fraction of sp³-hybridized carbons (Fsp3) is 0.167. The van der Waals surface area contributed by atoms with Gasteiger partial charge in [0, 0.05) is 17.7 Å². The molecule has 0 spiro atoms. The topological polar surface area (TPSA) is 29.9 Å². The van der Waals surface area contributed by atoms with Gasteiger partial charge in [0.2, 0.25) is 0 Å². The van der Waals surface area contributed by atoms with E-state index in [0.29, 0.717) is 12.4 Å². The highest BCUT2D eigenvalue weighted by Gasteiger charge is 2.32. The third-order valence-corrected chi connectivity index (χ3v) is 4.52. The average Bonchev–Trinajstić information content (AvgIpc) is 3.17. The van der Waals surface area contributed by atoms with E-state index < -0.39 is 11.7 Å². The number of benzene rings is 2. The van der Waals surface area contributed by atoms with Crippen molar-refractivity contribution in [1.29, 1.82) is 0 Å². The van der Waals surface area contributed by atoms with Crippen LogP contribution in [0.2, 0.25) is 5.02 Å². The van der Waals surface area contributed by atoms with Crippen LogP contribution in [0, 0.1) is 0 Å². The lowest BCUT2D eigenvalue weighted by Crippen LogP contribution is -2.09. The number of nitrogens with one attached hydrogen (secondary N) is 1. The molecule has 0 unspecified atom stereocenters. The molecule has 128 valence electrons. The number of hydrogen-bond acceptors (Lipinski definition) is 2. The molecule has 7 heteroatoms. The van der Waals surface area contributed by atoms with E-state index in [2.05, 4.69) is 10.4 Å². The summed E-state index contributed by atoms with van der Waals surface area (Å²) < 4.78 is 40.7. The Morgan fingerprint density at radius 3 is 2.56 bits per heavy atom. The lowest BCUT2D eigenvalue weighted by Gasteiger charge is -2.12. The molecule has 1 aliphatic heterocycles. The number of aromatic nitrogens is 2. The second-order valence-corrected chi connectivity index (χ2v) is 6.20. The van der Waals surface area contributed by atoms with Crippen molar-refractivity contribution >= 4 is 17.4 Å². The molecule has 0 radical (unpaired) electrons. The number of halogens is 4. The number of hydrogen-bond donors (Lipinski definition) is 1. The molecule has 25 heavy (non-hydrogen) atoms. The molecule has 0 amide bonds. The quantitative estimate of drug-likeness (QED) is 0.680. The third-order valence-electron chi connectivity index (χ3n) is 4.20.